The Morgan fingerprint density at radius 2 is 2.00 bits per heavy atom. The maximum Gasteiger partial charge on any atom is 0.303 e. The molecule has 2 aliphatic carbocycles. The van der Waals surface area contributed by atoms with Crippen LogP contribution in [-0.4, -0.2) is 17.9 Å². The highest BCUT2D eigenvalue weighted by molar-refractivity contribution is 6.04. The maximum absolute atomic E-state index is 12.6. The number of ether oxygens (including phenoxy) is 1. The number of ketones is 1. The lowest BCUT2D eigenvalue weighted by atomic mass is 9.58. The van der Waals surface area contributed by atoms with Crippen LogP contribution in [0.1, 0.15) is 53.9 Å². The van der Waals surface area contributed by atoms with Crippen LogP contribution in [0.25, 0.3) is 0 Å². The van der Waals surface area contributed by atoms with Crippen molar-refractivity contribution in [2.75, 3.05) is 0 Å². The molecule has 0 unspecified atom stereocenters. The SMILES string of the molecule is CC(=O)O[C@H]1C(=O)C(=C(C)C)C[C@@]2(C)C1=CCC[C@@H]2C. The molecule has 0 radical (unpaired) electrons. The topological polar surface area (TPSA) is 43.4 Å². The second-order valence-corrected chi connectivity index (χ2v) is 6.56. The Morgan fingerprint density at radius 1 is 1.35 bits per heavy atom. The molecule has 0 aromatic carbocycles. The summed E-state index contributed by atoms with van der Waals surface area (Å²) in [4.78, 5) is 24.0. The largest absolute Gasteiger partial charge is 0.450 e. The molecule has 0 bridgehead atoms. The molecule has 3 heteroatoms. The molecule has 0 aromatic heterocycles. The first-order valence-corrected chi connectivity index (χ1v) is 7.35. The Labute approximate surface area is 121 Å². The van der Waals surface area contributed by atoms with Crippen molar-refractivity contribution in [1.82, 2.24) is 0 Å². The standard InChI is InChI=1S/C17H24O3/c1-10(2)13-9-17(5)11(3)7-6-8-14(17)16(15(13)19)20-12(4)18/h8,11,16H,6-7,9H2,1-5H3/t11-,16+,17+/m0/s1. The molecule has 1 saturated carbocycles. The summed E-state index contributed by atoms with van der Waals surface area (Å²) in [5, 5.41) is 0. The van der Waals surface area contributed by atoms with Crippen molar-refractivity contribution in [2.24, 2.45) is 11.3 Å². The molecule has 0 aliphatic heterocycles. The number of rotatable bonds is 1. The van der Waals surface area contributed by atoms with Crippen LogP contribution in [0.15, 0.2) is 22.8 Å². The van der Waals surface area contributed by atoms with Gasteiger partial charge in [0, 0.05) is 6.92 Å². The molecule has 0 aromatic rings. The molecule has 20 heavy (non-hydrogen) atoms. The molecular formula is C17H24O3. The van der Waals surface area contributed by atoms with Crippen LogP contribution in [-0.2, 0) is 14.3 Å². The predicted molar refractivity (Wildman–Crippen MR) is 78.1 cm³/mol. The van der Waals surface area contributed by atoms with Crippen molar-refractivity contribution >= 4 is 11.8 Å². The molecule has 3 nitrogen and oxygen atoms in total. The number of hydrogen-bond donors (Lipinski definition) is 0. The molecule has 0 N–H and O–H groups in total. The fraction of sp³-hybridized carbons (Fsp3) is 0.647. The Morgan fingerprint density at radius 3 is 2.55 bits per heavy atom. The first kappa shape index (κ1) is 15.0. The van der Waals surface area contributed by atoms with E-state index < -0.39 is 6.10 Å². The van der Waals surface area contributed by atoms with E-state index in [0.29, 0.717) is 5.92 Å². The van der Waals surface area contributed by atoms with Crippen LogP contribution in [0.5, 0.6) is 0 Å². The van der Waals surface area contributed by atoms with Gasteiger partial charge in [0.25, 0.3) is 0 Å². The molecule has 3 atom stereocenters. The van der Waals surface area contributed by atoms with Crippen LogP contribution in [0.3, 0.4) is 0 Å². The van der Waals surface area contributed by atoms with Crippen molar-refractivity contribution in [1.29, 1.82) is 0 Å². The van der Waals surface area contributed by atoms with E-state index in [0.717, 1.165) is 36.0 Å². The van der Waals surface area contributed by atoms with E-state index in [4.69, 9.17) is 4.74 Å². The summed E-state index contributed by atoms with van der Waals surface area (Å²) >= 11 is 0. The smallest absolute Gasteiger partial charge is 0.303 e. The van der Waals surface area contributed by atoms with Gasteiger partial charge in [0.15, 0.2) is 6.10 Å². The Bertz CT molecular complexity index is 508. The Hall–Kier alpha value is -1.38. The number of Topliss-reactive ketones (excluding diaryl/α,β-unsaturated/α-hetero) is 1. The van der Waals surface area contributed by atoms with E-state index in [9.17, 15) is 9.59 Å². The number of hydrogen-bond acceptors (Lipinski definition) is 3. The highest BCUT2D eigenvalue weighted by Crippen LogP contribution is 2.52. The van der Waals surface area contributed by atoms with Gasteiger partial charge in [0.05, 0.1) is 0 Å². The average molecular weight is 276 g/mol. The van der Waals surface area contributed by atoms with Gasteiger partial charge < -0.3 is 4.74 Å². The molecule has 2 rings (SSSR count). The van der Waals surface area contributed by atoms with Crippen molar-refractivity contribution < 1.29 is 14.3 Å². The van der Waals surface area contributed by atoms with Gasteiger partial charge in [-0.05, 0) is 55.6 Å². The highest BCUT2D eigenvalue weighted by Gasteiger charge is 2.49. The first-order valence-electron chi connectivity index (χ1n) is 7.35. The van der Waals surface area contributed by atoms with Crippen LogP contribution in [0.2, 0.25) is 0 Å². The van der Waals surface area contributed by atoms with Crippen molar-refractivity contribution in [3.63, 3.8) is 0 Å². The summed E-state index contributed by atoms with van der Waals surface area (Å²) in [5.74, 6) is 0.0702. The molecular weight excluding hydrogens is 252 g/mol. The van der Waals surface area contributed by atoms with E-state index >= 15 is 0 Å². The summed E-state index contributed by atoms with van der Waals surface area (Å²) in [6.07, 6.45) is 4.25. The number of carbonyl (C=O) groups excluding carboxylic acids is 2. The lowest BCUT2D eigenvalue weighted by Crippen LogP contribution is -2.47. The molecule has 0 saturated heterocycles. The van der Waals surface area contributed by atoms with E-state index in [1.54, 1.807) is 0 Å². The minimum absolute atomic E-state index is 0.0296. The third-order valence-electron chi connectivity index (χ3n) is 4.96. The summed E-state index contributed by atoms with van der Waals surface area (Å²) < 4.78 is 5.38. The molecule has 1 fully saturated rings. The van der Waals surface area contributed by atoms with Crippen LogP contribution >= 0.6 is 0 Å². The van der Waals surface area contributed by atoms with Gasteiger partial charge in [0.2, 0.25) is 5.78 Å². The molecule has 0 spiro atoms. The third-order valence-corrected chi connectivity index (χ3v) is 4.96. The second-order valence-electron chi connectivity index (χ2n) is 6.56. The fourth-order valence-corrected chi connectivity index (χ4v) is 3.47. The highest BCUT2D eigenvalue weighted by atomic mass is 16.5. The zero-order chi connectivity index (χ0) is 15.1. The van der Waals surface area contributed by atoms with Crippen LogP contribution < -0.4 is 0 Å². The lowest BCUT2D eigenvalue weighted by Gasteiger charge is -2.47. The van der Waals surface area contributed by atoms with Gasteiger partial charge >= 0.3 is 5.97 Å². The van der Waals surface area contributed by atoms with Gasteiger partial charge in [-0.15, -0.1) is 0 Å². The van der Waals surface area contributed by atoms with E-state index in [2.05, 4.69) is 19.9 Å². The fourth-order valence-electron chi connectivity index (χ4n) is 3.47. The van der Waals surface area contributed by atoms with E-state index in [-0.39, 0.29) is 17.2 Å². The van der Waals surface area contributed by atoms with Crippen LogP contribution in [0.4, 0.5) is 0 Å². The average Bonchev–Trinajstić information content (AvgIpc) is 2.34. The summed E-state index contributed by atoms with van der Waals surface area (Å²) in [7, 11) is 0. The van der Waals surface area contributed by atoms with Gasteiger partial charge in [-0.25, -0.2) is 0 Å². The number of esters is 1. The minimum Gasteiger partial charge on any atom is -0.450 e. The quantitative estimate of drug-likeness (QED) is 0.417. The third kappa shape index (κ3) is 2.34. The van der Waals surface area contributed by atoms with Crippen LogP contribution in [0, 0.1) is 11.3 Å². The minimum atomic E-state index is -0.709. The van der Waals surface area contributed by atoms with Crippen molar-refractivity contribution in [3.8, 4) is 0 Å². The van der Waals surface area contributed by atoms with Gasteiger partial charge in [-0.2, -0.15) is 0 Å². The van der Waals surface area contributed by atoms with Gasteiger partial charge in [-0.1, -0.05) is 25.5 Å². The summed E-state index contributed by atoms with van der Waals surface area (Å²) in [5.41, 5.74) is 2.81. The van der Waals surface area contributed by atoms with Crippen molar-refractivity contribution in [3.05, 3.63) is 22.8 Å². The summed E-state index contributed by atoms with van der Waals surface area (Å²) in [6, 6.07) is 0. The molecule has 2 aliphatic rings. The lowest BCUT2D eigenvalue weighted by molar-refractivity contribution is -0.151. The zero-order valence-corrected chi connectivity index (χ0v) is 13.1. The second kappa shape index (κ2) is 5.19. The summed E-state index contributed by atoms with van der Waals surface area (Å²) in [6.45, 7) is 9.73. The molecule has 0 amide bonds. The normalized spacial score (nSPS) is 33.4. The molecule has 110 valence electrons. The van der Waals surface area contributed by atoms with Gasteiger partial charge in [0.1, 0.15) is 0 Å². The molecule has 0 heterocycles. The van der Waals surface area contributed by atoms with Crippen molar-refractivity contribution in [2.45, 2.75) is 60.0 Å². The monoisotopic (exact) mass is 276 g/mol. The number of carbonyl (C=O) groups is 2. The van der Waals surface area contributed by atoms with Gasteiger partial charge in [-0.3, -0.25) is 9.59 Å². The Kier molecular flexibility index (Phi) is 3.90. The number of fused-ring (bicyclic) bond motifs is 1. The van der Waals surface area contributed by atoms with E-state index in [1.165, 1.54) is 6.92 Å². The predicted octanol–water partition coefficient (Wildman–Crippen LogP) is 3.59. The Balaban J connectivity index is 2.53. The number of allylic oxidation sites excluding steroid dienone is 2. The zero-order valence-electron chi connectivity index (χ0n) is 13.1. The van der Waals surface area contributed by atoms with E-state index in [1.807, 2.05) is 13.8 Å². The first-order chi connectivity index (χ1) is 9.27. The maximum atomic E-state index is 12.6.